The highest BCUT2D eigenvalue weighted by atomic mass is 79.9. The van der Waals surface area contributed by atoms with Crippen molar-refractivity contribution in [2.24, 2.45) is 0 Å². The molecule has 0 aliphatic heterocycles. The van der Waals surface area contributed by atoms with Crippen molar-refractivity contribution >= 4 is 55.0 Å². The molecular weight excluding hydrogens is 544 g/mol. The van der Waals surface area contributed by atoms with Crippen LogP contribution in [0.4, 0.5) is 11.4 Å². The van der Waals surface area contributed by atoms with Crippen LogP contribution in [0.1, 0.15) is 10.4 Å². The molecular formula is C23H20Br2N2O5. The number of ether oxygens (including phenoxy) is 3. The molecule has 0 saturated heterocycles. The van der Waals surface area contributed by atoms with Gasteiger partial charge >= 0.3 is 0 Å². The maximum atomic E-state index is 12.5. The van der Waals surface area contributed by atoms with Gasteiger partial charge in [-0.3, -0.25) is 9.59 Å². The highest BCUT2D eigenvalue weighted by Gasteiger charge is 2.16. The van der Waals surface area contributed by atoms with Crippen molar-refractivity contribution in [3.05, 3.63) is 75.2 Å². The van der Waals surface area contributed by atoms with E-state index in [1.807, 2.05) is 18.2 Å². The predicted octanol–water partition coefficient (Wildman–Crippen LogP) is 5.50. The highest BCUT2D eigenvalue weighted by molar-refractivity contribution is 9.11. The largest absolute Gasteiger partial charge is 0.494 e. The van der Waals surface area contributed by atoms with Crippen LogP contribution in [-0.2, 0) is 4.79 Å². The molecule has 0 aromatic heterocycles. The second-order valence-corrected chi connectivity index (χ2v) is 8.25. The predicted molar refractivity (Wildman–Crippen MR) is 130 cm³/mol. The number of carbonyl (C=O) groups excluding carboxylic acids is 2. The van der Waals surface area contributed by atoms with E-state index in [1.54, 1.807) is 42.5 Å². The van der Waals surface area contributed by atoms with Crippen LogP contribution in [0.25, 0.3) is 0 Å². The molecule has 0 unspecified atom stereocenters. The summed E-state index contributed by atoms with van der Waals surface area (Å²) in [6.45, 7) is -0.210. The average molecular weight is 564 g/mol. The Morgan fingerprint density at radius 3 is 2.03 bits per heavy atom. The SMILES string of the molecule is COc1cc(NC(=O)c2ccccc2)c(OC)cc1NC(=O)COc1ccc(Br)cc1Br. The molecule has 32 heavy (non-hydrogen) atoms. The molecule has 0 aliphatic rings. The van der Waals surface area contributed by atoms with Gasteiger partial charge in [0.05, 0.1) is 30.1 Å². The normalized spacial score (nSPS) is 10.2. The fourth-order valence-corrected chi connectivity index (χ4v) is 3.96. The van der Waals surface area contributed by atoms with Crippen molar-refractivity contribution in [2.75, 3.05) is 31.5 Å². The Morgan fingerprint density at radius 2 is 1.44 bits per heavy atom. The Bertz CT molecular complexity index is 1120. The number of nitrogens with one attached hydrogen (secondary N) is 2. The molecule has 7 nitrogen and oxygen atoms in total. The van der Waals surface area contributed by atoms with E-state index in [-0.39, 0.29) is 18.4 Å². The monoisotopic (exact) mass is 562 g/mol. The molecule has 0 heterocycles. The minimum Gasteiger partial charge on any atom is -0.494 e. The topological polar surface area (TPSA) is 85.9 Å². The maximum absolute atomic E-state index is 12.5. The van der Waals surface area contributed by atoms with Crippen molar-refractivity contribution in [3.63, 3.8) is 0 Å². The number of hydrogen-bond donors (Lipinski definition) is 2. The van der Waals surface area contributed by atoms with Crippen LogP contribution in [0.3, 0.4) is 0 Å². The number of benzene rings is 3. The lowest BCUT2D eigenvalue weighted by molar-refractivity contribution is -0.118. The Balaban J connectivity index is 1.73. The van der Waals surface area contributed by atoms with Gasteiger partial charge in [0, 0.05) is 22.2 Å². The van der Waals surface area contributed by atoms with Gasteiger partial charge in [-0.25, -0.2) is 0 Å². The summed E-state index contributed by atoms with van der Waals surface area (Å²) in [7, 11) is 2.94. The van der Waals surface area contributed by atoms with E-state index in [0.717, 1.165) is 8.95 Å². The maximum Gasteiger partial charge on any atom is 0.262 e. The van der Waals surface area contributed by atoms with Crippen molar-refractivity contribution in [2.45, 2.75) is 0 Å². The van der Waals surface area contributed by atoms with Gasteiger partial charge in [0.1, 0.15) is 17.2 Å². The van der Waals surface area contributed by atoms with Crippen molar-refractivity contribution < 1.29 is 23.8 Å². The van der Waals surface area contributed by atoms with E-state index < -0.39 is 0 Å². The molecule has 9 heteroatoms. The van der Waals surface area contributed by atoms with Crippen molar-refractivity contribution in [1.29, 1.82) is 0 Å². The molecule has 166 valence electrons. The summed E-state index contributed by atoms with van der Waals surface area (Å²) in [4.78, 5) is 25.0. The minimum atomic E-state index is -0.388. The van der Waals surface area contributed by atoms with Crippen LogP contribution >= 0.6 is 31.9 Å². The number of hydrogen-bond acceptors (Lipinski definition) is 5. The van der Waals surface area contributed by atoms with E-state index >= 15 is 0 Å². The number of amides is 2. The lowest BCUT2D eigenvalue weighted by Crippen LogP contribution is -2.21. The number of anilines is 2. The van der Waals surface area contributed by atoms with Crippen LogP contribution in [-0.4, -0.2) is 32.6 Å². The smallest absolute Gasteiger partial charge is 0.262 e. The van der Waals surface area contributed by atoms with E-state index in [9.17, 15) is 9.59 Å². The molecule has 3 rings (SSSR count). The summed E-state index contributed by atoms with van der Waals surface area (Å²) >= 11 is 6.76. The first-order valence-corrected chi connectivity index (χ1v) is 11.0. The Kier molecular flexibility index (Phi) is 8.13. The summed E-state index contributed by atoms with van der Waals surface area (Å²) in [5.41, 5.74) is 1.29. The quantitative estimate of drug-likeness (QED) is 0.378. The van der Waals surface area contributed by atoms with Crippen LogP contribution < -0.4 is 24.8 Å². The van der Waals surface area contributed by atoms with Gasteiger partial charge in [-0.05, 0) is 46.3 Å². The zero-order valence-electron chi connectivity index (χ0n) is 17.3. The second kappa shape index (κ2) is 11.0. The minimum absolute atomic E-state index is 0.210. The molecule has 0 atom stereocenters. The molecule has 0 bridgehead atoms. The van der Waals surface area contributed by atoms with E-state index in [1.165, 1.54) is 14.2 Å². The Hall–Kier alpha value is -3.04. The van der Waals surface area contributed by atoms with Gasteiger partial charge in [-0.2, -0.15) is 0 Å². The van der Waals surface area contributed by atoms with Gasteiger partial charge < -0.3 is 24.8 Å². The third kappa shape index (κ3) is 6.02. The number of methoxy groups -OCH3 is 2. The van der Waals surface area contributed by atoms with Crippen LogP contribution in [0, 0.1) is 0 Å². The average Bonchev–Trinajstić information content (AvgIpc) is 2.79. The molecule has 0 fully saturated rings. The van der Waals surface area contributed by atoms with Gasteiger partial charge in [-0.1, -0.05) is 34.1 Å². The fraction of sp³-hybridized carbons (Fsp3) is 0.130. The third-order valence-electron chi connectivity index (χ3n) is 4.33. The number of halogens is 2. The molecule has 0 aliphatic carbocycles. The highest BCUT2D eigenvalue weighted by Crippen LogP contribution is 2.37. The summed E-state index contributed by atoms with van der Waals surface area (Å²) < 4.78 is 18.0. The molecule has 0 saturated carbocycles. The van der Waals surface area contributed by atoms with Gasteiger partial charge in [0.2, 0.25) is 0 Å². The molecule has 2 amide bonds. The lowest BCUT2D eigenvalue weighted by Gasteiger charge is -2.16. The van der Waals surface area contributed by atoms with Gasteiger partial charge in [0.15, 0.2) is 6.61 Å². The first-order chi connectivity index (χ1) is 15.4. The number of rotatable bonds is 8. The summed E-state index contributed by atoms with van der Waals surface area (Å²) in [5, 5.41) is 5.54. The van der Waals surface area contributed by atoms with Gasteiger partial charge in [0.25, 0.3) is 11.8 Å². The summed E-state index contributed by atoms with van der Waals surface area (Å²) in [6, 6.07) is 17.3. The fourth-order valence-electron chi connectivity index (χ4n) is 2.80. The second-order valence-electron chi connectivity index (χ2n) is 6.48. The standard InChI is InChI=1S/C23H20Br2N2O5/c1-30-20-12-18(27-23(29)14-6-4-3-5-7-14)21(31-2)11-17(20)26-22(28)13-32-19-9-8-15(24)10-16(19)25/h3-12H,13H2,1-2H3,(H,26,28)(H,27,29). The van der Waals surface area contributed by atoms with E-state index in [2.05, 4.69) is 42.5 Å². The van der Waals surface area contributed by atoms with Crippen LogP contribution in [0.2, 0.25) is 0 Å². The lowest BCUT2D eigenvalue weighted by atomic mass is 10.2. The zero-order chi connectivity index (χ0) is 23.1. The van der Waals surface area contributed by atoms with E-state index in [0.29, 0.717) is 34.2 Å². The summed E-state index contributed by atoms with van der Waals surface area (Å²) in [6.07, 6.45) is 0. The van der Waals surface area contributed by atoms with Crippen molar-refractivity contribution in [3.8, 4) is 17.2 Å². The Labute approximate surface area is 202 Å². The summed E-state index contributed by atoms with van der Waals surface area (Å²) in [5.74, 6) is 0.568. The first kappa shape index (κ1) is 23.6. The number of carbonyl (C=O) groups is 2. The molecule has 0 spiro atoms. The van der Waals surface area contributed by atoms with Crippen LogP contribution in [0.5, 0.6) is 17.2 Å². The van der Waals surface area contributed by atoms with Crippen LogP contribution in [0.15, 0.2) is 69.6 Å². The molecule has 3 aromatic rings. The third-order valence-corrected chi connectivity index (χ3v) is 5.45. The molecule has 0 radical (unpaired) electrons. The van der Waals surface area contributed by atoms with Gasteiger partial charge in [-0.15, -0.1) is 0 Å². The zero-order valence-corrected chi connectivity index (χ0v) is 20.4. The molecule has 3 aromatic carbocycles. The first-order valence-electron chi connectivity index (χ1n) is 9.41. The van der Waals surface area contributed by atoms with E-state index in [4.69, 9.17) is 14.2 Å². The van der Waals surface area contributed by atoms with Crippen molar-refractivity contribution in [1.82, 2.24) is 0 Å². The Morgan fingerprint density at radius 1 is 0.812 bits per heavy atom. The molecule has 2 N–H and O–H groups in total.